The van der Waals surface area contributed by atoms with Gasteiger partial charge in [-0.3, -0.25) is 4.79 Å². The Labute approximate surface area is 126 Å². The maximum atomic E-state index is 11.5. The van der Waals surface area contributed by atoms with Gasteiger partial charge >= 0.3 is 0 Å². The monoisotopic (exact) mass is 278 g/mol. The third-order valence-electron chi connectivity index (χ3n) is 4.39. The lowest BCUT2D eigenvalue weighted by molar-refractivity contribution is -0.114. The highest BCUT2D eigenvalue weighted by Crippen LogP contribution is 2.21. The van der Waals surface area contributed by atoms with Gasteiger partial charge in [-0.05, 0) is 38.2 Å². The number of hydrogen-bond donors (Lipinski definition) is 0. The molecule has 0 saturated heterocycles. The zero-order valence-corrected chi connectivity index (χ0v) is 13.6. The summed E-state index contributed by atoms with van der Waals surface area (Å²) < 4.78 is 0. The van der Waals surface area contributed by atoms with E-state index < -0.39 is 0 Å². The summed E-state index contributed by atoms with van der Waals surface area (Å²) in [6.45, 7) is 2.28. The number of rotatable bonds is 11. The highest BCUT2D eigenvalue weighted by Gasteiger charge is 2.07. The maximum absolute atomic E-state index is 11.5. The molecular formula is C19H34O. The molecule has 0 radical (unpaired) electrons. The summed E-state index contributed by atoms with van der Waals surface area (Å²) in [4.78, 5) is 11.5. The molecule has 0 aromatic heterocycles. The van der Waals surface area contributed by atoms with Gasteiger partial charge in [-0.1, -0.05) is 70.3 Å². The van der Waals surface area contributed by atoms with Gasteiger partial charge in [0.1, 0.15) is 0 Å². The first-order chi connectivity index (χ1) is 9.83. The Morgan fingerprint density at radius 3 is 2.00 bits per heavy atom. The van der Waals surface area contributed by atoms with E-state index in [9.17, 15) is 4.79 Å². The first-order valence-corrected chi connectivity index (χ1v) is 9.05. The molecule has 0 heterocycles. The Balaban J connectivity index is 1.90. The highest BCUT2D eigenvalue weighted by atomic mass is 16.1. The minimum absolute atomic E-state index is 0.365. The van der Waals surface area contributed by atoms with Crippen LogP contribution in [-0.4, -0.2) is 5.78 Å². The topological polar surface area (TPSA) is 17.1 Å². The van der Waals surface area contributed by atoms with E-state index in [0.717, 1.165) is 12.8 Å². The second kappa shape index (κ2) is 12.2. The van der Waals surface area contributed by atoms with Gasteiger partial charge in [0.25, 0.3) is 0 Å². The Morgan fingerprint density at radius 2 is 1.35 bits per heavy atom. The van der Waals surface area contributed by atoms with E-state index in [1.54, 1.807) is 0 Å². The van der Waals surface area contributed by atoms with Crippen molar-refractivity contribution in [1.29, 1.82) is 0 Å². The van der Waals surface area contributed by atoms with E-state index in [1.807, 2.05) is 6.08 Å². The molecule has 1 aliphatic carbocycles. The van der Waals surface area contributed by atoms with Crippen molar-refractivity contribution >= 4 is 5.78 Å². The lowest BCUT2D eigenvalue weighted by atomic mass is 10.0. The normalized spacial score (nSPS) is 16.1. The zero-order valence-electron chi connectivity index (χ0n) is 13.6. The van der Waals surface area contributed by atoms with Crippen molar-refractivity contribution in [2.24, 2.45) is 0 Å². The Bertz CT molecular complexity index is 277. The van der Waals surface area contributed by atoms with E-state index in [0.29, 0.717) is 5.78 Å². The molecule has 0 unspecified atom stereocenters. The van der Waals surface area contributed by atoms with E-state index in [-0.39, 0.29) is 0 Å². The Kier molecular flexibility index (Phi) is 10.6. The van der Waals surface area contributed by atoms with Crippen molar-refractivity contribution in [2.45, 2.75) is 103 Å². The molecule has 1 aliphatic rings. The van der Waals surface area contributed by atoms with Crippen LogP contribution in [-0.2, 0) is 4.79 Å². The molecule has 0 saturated carbocycles. The standard InChI is InChI=1S/C19H34O/c1-2-3-4-5-6-7-8-9-10-11-14-18-15-12-13-16-19(20)17-18/h17H,2-16H2,1H3. The van der Waals surface area contributed by atoms with Gasteiger partial charge in [0.2, 0.25) is 0 Å². The number of unbranched alkanes of at least 4 members (excludes halogenated alkanes) is 9. The molecule has 1 heteroatoms. The van der Waals surface area contributed by atoms with Gasteiger partial charge in [-0.2, -0.15) is 0 Å². The molecule has 20 heavy (non-hydrogen) atoms. The largest absolute Gasteiger partial charge is 0.295 e. The molecule has 1 rings (SSSR count). The lowest BCUT2D eigenvalue weighted by Crippen LogP contribution is -1.91. The molecule has 0 aromatic rings. The summed E-state index contributed by atoms with van der Waals surface area (Å²) in [6, 6.07) is 0. The molecule has 0 amide bonds. The number of hydrogen-bond acceptors (Lipinski definition) is 1. The van der Waals surface area contributed by atoms with Crippen LogP contribution < -0.4 is 0 Å². The van der Waals surface area contributed by atoms with E-state index in [4.69, 9.17) is 0 Å². The van der Waals surface area contributed by atoms with Gasteiger partial charge in [0, 0.05) is 6.42 Å². The van der Waals surface area contributed by atoms with Crippen LogP contribution in [0.4, 0.5) is 0 Å². The fraction of sp³-hybridized carbons (Fsp3) is 0.842. The van der Waals surface area contributed by atoms with Crippen molar-refractivity contribution in [3.05, 3.63) is 11.6 Å². The predicted octanol–water partition coefficient (Wildman–Crippen LogP) is 6.37. The minimum atomic E-state index is 0.365. The molecular weight excluding hydrogens is 244 g/mol. The average Bonchev–Trinajstić information content (AvgIpc) is 2.65. The fourth-order valence-electron chi connectivity index (χ4n) is 3.06. The Hall–Kier alpha value is -0.590. The summed E-state index contributed by atoms with van der Waals surface area (Å²) in [5, 5.41) is 0. The van der Waals surface area contributed by atoms with Gasteiger partial charge in [-0.15, -0.1) is 0 Å². The Morgan fingerprint density at radius 1 is 0.800 bits per heavy atom. The fourth-order valence-corrected chi connectivity index (χ4v) is 3.06. The van der Waals surface area contributed by atoms with Gasteiger partial charge < -0.3 is 0 Å². The van der Waals surface area contributed by atoms with Gasteiger partial charge in [-0.25, -0.2) is 0 Å². The second-order valence-corrected chi connectivity index (χ2v) is 6.41. The van der Waals surface area contributed by atoms with Crippen molar-refractivity contribution in [3.8, 4) is 0 Å². The van der Waals surface area contributed by atoms with Crippen LogP contribution in [0.25, 0.3) is 0 Å². The number of carbonyl (C=O) groups excluding carboxylic acids is 1. The number of ketones is 1. The predicted molar refractivity (Wildman–Crippen MR) is 88.0 cm³/mol. The lowest BCUT2D eigenvalue weighted by Gasteiger charge is -2.05. The van der Waals surface area contributed by atoms with Crippen LogP contribution in [0.5, 0.6) is 0 Å². The first kappa shape index (κ1) is 17.5. The highest BCUT2D eigenvalue weighted by molar-refractivity contribution is 5.90. The summed E-state index contributed by atoms with van der Waals surface area (Å²) in [7, 11) is 0. The quantitative estimate of drug-likeness (QED) is 0.401. The van der Waals surface area contributed by atoms with Crippen LogP contribution in [0.15, 0.2) is 11.6 Å². The van der Waals surface area contributed by atoms with E-state index in [1.165, 1.54) is 89.0 Å². The molecule has 0 fully saturated rings. The molecule has 0 aliphatic heterocycles. The zero-order chi connectivity index (χ0) is 14.5. The summed E-state index contributed by atoms with van der Waals surface area (Å²) in [5.41, 5.74) is 1.42. The smallest absolute Gasteiger partial charge is 0.155 e. The van der Waals surface area contributed by atoms with Crippen molar-refractivity contribution in [1.82, 2.24) is 0 Å². The van der Waals surface area contributed by atoms with Gasteiger partial charge in [0.05, 0.1) is 0 Å². The number of carbonyl (C=O) groups is 1. The van der Waals surface area contributed by atoms with Crippen LogP contribution in [0.3, 0.4) is 0 Å². The minimum Gasteiger partial charge on any atom is -0.295 e. The summed E-state index contributed by atoms with van der Waals surface area (Å²) in [5.74, 6) is 0.365. The van der Waals surface area contributed by atoms with Crippen molar-refractivity contribution in [2.75, 3.05) is 0 Å². The molecule has 0 spiro atoms. The van der Waals surface area contributed by atoms with Crippen molar-refractivity contribution in [3.63, 3.8) is 0 Å². The maximum Gasteiger partial charge on any atom is 0.155 e. The molecule has 0 aromatic carbocycles. The van der Waals surface area contributed by atoms with Gasteiger partial charge in [0.15, 0.2) is 5.78 Å². The van der Waals surface area contributed by atoms with Crippen LogP contribution in [0.2, 0.25) is 0 Å². The third kappa shape index (κ3) is 9.34. The summed E-state index contributed by atoms with van der Waals surface area (Å²) in [6.07, 6.45) is 21.3. The van der Waals surface area contributed by atoms with E-state index >= 15 is 0 Å². The molecule has 0 N–H and O–H groups in total. The van der Waals surface area contributed by atoms with Crippen LogP contribution in [0.1, 0.15) is 103 Å². The molecule has 1 nitrogen and oxygen atoms in total. The first-order valence-electron chi connectivity index (χ1n) is 9.05. The van der Waals surface area contributed by atoms with Crippen molar-refractivity contribution < 1.29 is 4.79 Å². The summed E-state index contributed by atoms with van der Waals surface area (Å²) >= 11 is 0. The van der Waals surface area contributed by atoms with E-state index in [2.05, 4.69) is 6.92 Å². The SMILES string of the molecule is CCCCCCCCCCCCC1=CC(=O)CCCC1. The third-order valence-corrected chi connectivity index (χ3v) is 4.39. The molecule has 0 bridgehead atoms. The second-order valence-electron chi connectivity index (χ2n) is 6.41. The van der Waals surface area contributed by atoms with Crippen LogP contribution >= 0.6 is 0 Å². The molecule has 116 valence electrons. The average molecular weight is 278 g/mol. The molecule has 0 atom stereocenters. The number of allylic oxidation sites excluding steroid dienone is 2. The van der Waals surface area contributed by atoms with Crippen LogP contribution in [0, 0.1) is 0 Å².